The van der Waals surface area contributed by atoms with Gasteiger partial charge in [-0.1, -0.05) is 0 Å². The number of nitrogens with zero attached hydrogens (tertiary/aromatic N) is 2. The van der Waals surface area contributed by atoms with Gasteiger partial charge in [-0.15, -0.1) is 0 Å². The summed E-state index contributed by atoms with van der Waals surface area (Å²) in [6.07, 6.45) is 2.36. The smallest absolute Gasteiger partial charge is 0.268 e. The van der Waals surface area contributed by atoms with Crippen molar-refractivity contribution in [2.45, 2.75) is 18.9 Å². The predicted octanol–water partition coefficient (Wildman–Crippen LogP) is 2.66. The van der Waals surface area contributed by atoms with Crippen LogP contribution in [0.3, 0.4) is 0 Å². The van der Waals surface area contributed by atoms with Gasteiger partial charge >= 0.3 is 0 Å². The molecule has 2 aromatic rings. The molecule has 0 unspecified atom stereocenters. The summed E-state index contributed by atoms with van der Waals surface area (Å²) in [5, 5.41) is 3.22. The van der Waals surface area contributed by atoms with Crippen molar-refractivity contribution in [3.05, 3.63) is 47.9 Å². The fraction of sp³-hybridized carbons (Fsp3) is 0.421. The summed E-state index contributed by atoms with van der Waals surface area (Å²) in [6.45, 7) is 3.29. The summed E-state index contributed by atoms with van der Waals surface area (Å²) in [5.41, 5.74) is 2.46. The molecule has 1 atom stereocenters. The van der Waals surface area contributed by atoms with Crippen LogP contribution in [0.1, 0.15) is 23.3 Å². The molecule has 1 amide bonds. The minimum absolute atomic E-state index is 0.0235. The SMILES string of the molecule is Cn1c(C(=O)N[C@H]2CN3CCC2CC3)ccc1-c1ccc(F)cc1. The average Bonchev–Trinajstić information content (AvgIpc) is 2.98. The van der Waals surface area contributed by atoms with E-state index < -0.39 is 0 Å². The lowest BCUT2D eigenvalue weighted by atomic mass is 9.84. The molecule has 2 bridgehead atoms. The fourth-order valence-electron chi connectivity index (χ4n) is 4.02. The third kappa shape index (κ3) is 2.73. The van der Waals surface area contributed by atoms with Gasteiger partial charge in [0.1, 0.15) is 11.5 Å². The number of fused-ring (bicyclic) bond motifs is 3. The third-order valence-corrected chi connectivity index (χ3v) is 5.47. The van der Waals surface area contributed by atoms with Gasteiger partial charge < -0.3 is 14.8 Å². The van der Waals surface area contributed by atoms with Crippen molar-refractivity contribution in [2.24, 2.45) is 13.0 Å². The number of aromatic nitrogens is 1. The van der Waals surface area contributed by atoms with Crippen molar-refractivity contribution in [1.82, 2.24) is 14.8 Å². The topological polar surface area (TPSA) is 37.3 Å². The lowest BCUT2D eigenvalue weighted by Crippen LogP contribution is -2.57. The Kier molecular flexibility index (Phi) is 3.88. The zero-order valence-electron chi connectivity index (χ0n) is 13.8. The van der Waals surface area contributed by atoms with Gasteiger partial charge in [0.15, 0.2) is 0 Å². The van der Waals surface area contributed by atoms with E-state index in [1.807, 2.05) is 23.7 Å². The van der Waals surface area contributed by atoms with Crippen LogP contribution in [-0.2, 0) is 7.05 Å². The second-order valence-corrected chi connectivity index (χ2v) is 6.89. The van der Waals surface area contributed by atoms with Gasteiger partial charge in [0, 0.05) is 25.3 Å². The van der Waals surface area contributed by atoms with Gasteiger partial charge in [-0.2, -0.15) is 0 Å². The second kappa shape index (κ2) is 6.06. The molecule has 24 heavy (non-hydrogen) atoms. The highest BCUT2D eigenvalue weighted by molar-refractivity contribution is 5.94. The first-order chi connectivity index (χ1) is 11.6. The Bertz CT molecular complexity index is 744. The minimum atomic E-state index is -0.256. The fourth-order valence-corrected chi connectivity index (χ4v) is 4.02. The Morgan fingerprint density at radius 1 is 1.12 bits per heavy atom. The zero-order valence-corrected chi connectivity index (χ0v) is 13.8. The zero-order chi connectivity index (χ0) is 16.7. The van der Waals surface area contributed by atoms with Crippen molar-refractivity contribution >= 4 is 5.91 Å². The largest absolute Gasteiger partial charge is 0.346 e. The van der Waals surface area contributed by atoms with Crippen LogP contribution >= 0.6 is 0 Å². The number of halogens is 1. The maximum Gasteiger partial charge on any atom is 0.268 e. The van der Waals surface area contributed by atoms with Crippen LogP contribution in [0.2, 0.25) is 0 Å². The Balaban J connectivity index is 1.52. The highest BCUT2D eigenvalue weighted by Crippen LogP contribution is 2.28. The molecule has 4 heterocycles. The number of piperidine rings is 3. The van der Waals surface area contributed by atoms with Gasteiger partial charge in [-0.25, -0.2) is 4.39 Å². The molecule has 0 spiro atoms. The minimum Gasteiger partial charge on any atom is -0.346 e. The molecule has 5 heteroatoms. The van der Waals surface area contributed by atoms with Gasteiger partial charge in [0.25, 0.3) is 5.91 Å². The third-order valence-electron chi connectivity index (χ3n) is 5.47. The van der Waals surface area contributed by atoms with Crippen LogP contribution in [0.5, 0.6) is 0 Å². The van der Waals surface area contributed by atoms with Crippen molar-refractivity contribution in [2.75, 3.05) is 19.6 Å². The van der Waals surface area contributed by atoms with Crippen LogP contribution < -0.4 is 5.32 Å². The molecule has 1 aromatic heterocycles. The molecule has 1 N–H and O–H groups in total. The summed E-state index contributed by atoms with van der Waals surface area (Å²) in [4.78, 5) is 15.1. The summed E-state index contributed by atoms with van der Waals surface area (Å²) in [5.74, 6) is 0.327. The van der Waals surface area contributed by atoms with Crippen LogP contribution in [0.25, 0.3) is 11.3 Å². The normalized spacial score (nSPS) is 25.7. The van der Waals surface area contributed by atoms with E-state index in [4.69, 9.17) is 0 Å². The van der Waals surface area contributed by atoms with Crippen LogP contribution in [0, 0.1) is 11.7 Å². The monoisotopic (exact) mass is 327 g/mol. The van der Waals surface area contributed by atoms with Gasteiger partial charge in [0.2, 0.25) is 0 Å². The summed E-state index contributed by atoms with van der Waals surface area (Å²) in [7, 11) is 1.88. The summed E-state index contributed by atoms with van der Waals surface area (Å²) < 4.78 is 15.0. The quantitative estimate of drug-likeness (QED) is 0.941. The Labute approximate surface area is 141 Å². The van der Waals surface area contributed by atoms with Crippen LogP contribution in [0.15, 0.2) is 36.4 Å². The predicted molar refractivity (Wildman–Crippen MR) is 91.2 cm³/mol. The van der Waals surface area contributed by atoms with Crippen molar-refractivity contribution in [3.8, 4) is 11.3 Å². The van der Waals surface area contributed by atoms with Crippen LogP contribution in [0.4, 0.5) is 4.39 Å². The van der Waals surface area contributed by atoms with E-state index in [0.717, 1.165) is 30.9 Å². The highest BCUT2D eigenvalue weighted by atomic mass is 19.1. The highest BCUT2D eigenvalue weighted by Gasteiger charge is 2.35. The number of rotatable bonds is 3. The molecule has 5 rings (SSSR count). The number of carbonyl (C=O) groups excluding carboxylic acids is 1. The molecule has 0 radical (unpaired) electrons. The molecule has 3 saturated heterocycles. The van der Waals surface area contributed by atoms with E-state index in [9.17, 15) is 9.18 Å². The molecule has 1 aromatic carbocycles. The molecule has 0 saturated carbocycles. The van der Waals surface area contributed by atoms with Crippen molar-refractivity contribution < 1.29 is 9.18 Å². The van der Waals surface area contributed by atoms with E-state index in [1.165, 1.54) is 25.0 Å². The Hall–Kier alpha value is -2.14. The van der Waals surface area contributed by atoms with Crippen molar-refractivity contribution in [1.29, 1.82) is 0 Å². The van der Waals surface area contributed by atoms with E-state index >= 15 is 0 Å². The molecule has 0 aliphatic carbocycles. The summed E-state index contributed by atoms with van der Waals surface area (Å²) in [6, 6.07) is 10.4. The lowest BCUT2D eigenvalue weighted by Gasteiger charge is -2.44. The number of hydrogen-bond donors (Lipinski definition) is 1. The lowest BCUT2D eigenvalue weighted by molar-refractivity contribution is 0.0616. The van der Waals surface area contributed by atoms with Gasteiger partial charge in [-0.05, 0) is 73.8 Å². The molecule has 3 aliphatic heterocycles. The molecule has 3 aliphatic rings. The summed E-state index contributed by atoms with van der Waals surface area (Å²) >= 11 is 0. The molecular weight excluding hydrogens is 305 g/mol. The number of hydrogen-bond acceptors (Lipinski definition) is 2. The molecule has 4 nitrogen and oxygen atoms in total. The first kappa shape index (κ1) is 15.4. The van der Waals surface area contributed by atoms with Crippen LogP contribution in [-0.4, -0.2) is 41.1 Å². The maximum atomic E-state index is 13.1. The van der Waals surface area contributed by atoms with E-state index in [-0.39, 0.29) is 17.8 Å². The van der Waals surface area contributed by atoms with E-state index in [1.54, 1.807) is 12.1 Å². The van der Waals surface area contributed by atoms with Gasteiger partial charge in [0.05, 0.1) is 0 Å². The Morgan fingerprint density at radius 3 is 2.46 bits per heavy atom. The molecular formula is C19H22FN3O. The first-order valence-corrected chi connectivity index (χ1v) is 8.57. The average molecular weight is 327 g/mol. The first-order valence-electron chi connectivity index (χ1n) is 8.57. The number of benzene rings is 1. The number of carbonyl (C=O) groups is 1. The van der Waals surface area contributed by atoms with Gasteiger partial charge in [-0.3, -0.25) is 4.79 Å². The number of nitrogens with one attached hydrogen (secondary N) is 1. The number of amides is 1. The molecule has 3 fully saturated rings. The van der Waals surface area contributed by atoms with Crippen molar-refractivity contribution in [3.63, 3.8) is 0 Å². The standard InChI is InChI=1S/C19H22FN3O/c1-22-17(14-2-4-15(20)5-3-14)6-7-18(22)19(24)21-16-12-23-10-8-13(16)9-11-23/h2-7,13,16H,8-12H2,1H3,(H,21,24)/t16-/m0/s1. The maximum absolute atomic E-state index is 13.1. The molecule has 126 valence electrons. The van der Waals surface area contributed by atoms with E-state index in [2.05, 4.69) is 10.2 Å². The van der Waals surface area contributed by atoms with E-state index in [0.29, 0.717) is 11.6 Å². The Morgan fingerprint density at radius 2 is 1.83 bits per heavy atom. The second-order valence-electron chi connectivity index (χ2n) is 6.89.